The lowest BCUT2D eigenvalue weighted by Crippen LogP contribution is -2.50. The zero-order valence-electron chi connectivity index (χ0n) is 8.36. The highest BCUT2D eigenvalue weighted by molar-refractivity contribution is 5.13. The Morgan fingerprint density at radius 3 is 2.69 bits per heavy atom. The predicted octanol–water partition coefficient (Wildman–Crippen LogP) is 1.28. The van der Waals surface area contributed by atoms with Crippen molar-refractivity contribution < 1.29 is 5.11 Å². The van der Waals surface area contributed by atoms with E-state index in [1.54, 1.807) is 6.20 Å². The smallest absolute Gasteiger partial charge is 0.140 e. The summed E-state index contributed by atoms with van der Waals surface area (Å²) in [5, 5.41) is 10.3. The van der Waals surface area contributed by atoms with Gasteiger partial charge in [0.15, 0.2) is 0 Å². The van der Waals surface area contributed by atoms with Crippen molar-refractivity contribution in [2.75, 3.05) is 0 Å². The Bertz CT molecular complexity index is 320. The second-order valence-corrected chi connectivity index (χ2v) is 4.26. The quantitative estimate of drug-likeness (QED) is 0.707. The fourth-order valence-corrected chi connectivity index (χ4v) is 2.24. The molecule has 0 aromatic carbocycles. The van der Waals surface area contributed by atoms with Gasteiger partial charge in [-0.05, 0) is 18.3 Å². The molecular formula is C10H16N2O. The molecule has 3 atom stereocenters. The van der Waals surface area contributed by atoms with Crippen LogP contribution in [-0.4, -0.2) is 14.7 Å². The molecule has 0 spiro atoms. The number of hydrogen-bond acceptors (Lipinski definition) is 2. The molecule has 0 amide bonds. The molecule has 1 fully saturated rings. The highest BCUT2D eigenvalue weighted by atomic mass is 16.3. The molecule has 0 radical (unpaired) electrons. The molecule has 2 rings (SSSR count). The average Bonchev–Trinajstić information content (AvgIpc) is 2.51. The van der Waals surface area contributed by atoms with Crippen molar-refractivity contribution in [1.29, 1.82) is 0 Å². The third-order valence-corrected chi connectivity index (χ3v) is 3.45. The topological polar surface area (TPSA) is 38.1 Å². The van der Waals surface area contributed by atoms with Gasteiger partial charge in [0.05, 0.1) is 0 Å². The van der Waals surface area contributed by atoms with Gasteiger partial charge < -0.3 is 9.67 Å². The number of hydrogen-bond donors (Lipinski definition) is 1. The summed E-state index contributed by atoms with van der Waals surface area (Å²) in [4.78, 5) is 4.21. The Morgan fingerprint density at radius 2 is 2.31 bits per heavy atom. The number of rotatable bonds is 1. The molecule has 1 N–H and O–H groups in total. The van der Waals surface area contributed by atoms with Crippen LogP contribution < -0.4 is 0 Å². The molecule has 0 saturated heterocycles. The van der Waals surface area contributed by atoms with Gasteiger partial charge in [-0.3, -0.25) is 0 Å². The van der Waals surface area contributed by atoms with E-state index >= 15 is 0 Å². The van der Waals surface area contributed by atoms with E-state index in [1.165, 1.54) is 0 Å². The summed E-state index contributed by atoms with van der Waals surface area (Å²) in [6.07, 6.45) is 4.45. The van der Waals surface area contributed by atoms with Crippen molar-refractivity contribution in [2.24, 2.45) is 18.9 Å². The van der Waals surface area contributed by atoms with Crippen molar-refractivity contribution in [1.82, 2.24) is 9.55 Å². The highest BCUT2D eigenvalue weighted by Crippen LogP contribution is 2.49. The van der Waals surface area contributed by atoms with Gasteiger partial charge in [0.2, 0.25) is 0 Å². The van der Waals surface area contributed by atoms with Gasteiger partial charge in [-0.1, -0.05) is 13.8 Å². The molecule has 1 aliphatic carbocycles. The van der Waals surface area contributed by atoms with Crippen LogP contribution in [0.3, 0.4) is 0 Å². The molecule has 1 aromatic rings. The molecule has 3 nitrogen and oxygen atoms in total. The van der Waals surface area contributed by atoms with Crippen molar-refractivity contribution >= 4 is 0 Å². The molecule has 1 saturated carbocycles. The average molecular weight is 180 g/mol. The Labute approximate surface area is 78.4 Å². The SMILES string of the molecule is CC1CC(O)(c2nccn2C)C1C. The lowest BCUT2D eigenvalue weighted by Gasteiger charge is -2.48. The second kappa shape index (κ2) is 2.58. The van der Waals surface area contributed by atoms with Crippen LogP contribution in [0, 0.1) is 11.8 Å². The molecule has 0 bridgehead atoms. The van der Waals surface area contributed by atoms with Crippen LogP contribution in [0.25, 0.3) is 0 Å². The monoisotopic (exact) mass is 180 g/mol. The van der Waals surface area contributed by atoms with Crippen LogP contribution in [0.2, 0.25) is 0 Å². The van der Waals surface area contributed by atoms with E-state index in [-0.39, 0.29) is 0 Å². The minimum Gasteiger partial charge on any atom is -0.382 e. The van der Waals surface area contributed by atoms with Gasteiger partial charge in [-0.15, -0.1) is 0 Å². The van der Waals surface area contributed by atoms with Crippen molar-refractivity contribution in [3.05, 3.63) is 18.2 Å². The van der Waals surface area contributed by atoms with E-state index in [4.69, 9.17) is 0 Å². The summed E-state index contributed by atoms with van der Waals surface area (Å²) in [7, 11) is 1.93. The number of imidazole rings is 1. The molecule has 1 aromatic heterocycles. The van der Waals surface area contributed by atoms with Crippen molar-refractivity contribution in [3.8, 4) is 0 Å². The van der Waals surface area contributed by atoms with Gasteiger partial charge in [0, 0.05) is 19.4 Å². The fraction of sp³-hybridized carbons (Fsp3) is 0.700. The maximum absolute atomic E-state index is 10.3. The van der Waals surface area contributed by atoms with Crippen LogP contribution >= 0.6 is 0 Å². The number of aryl methyl sites for hydroxylation is 1. The number of aliphatic hydroxyl groups is 1. The van der Waals surface area contributed by atoms with Crippen LogP contribution in [0.5, 0.6) is 0 Å². The molecular weight excluding hydrogens is 164 g/mol. The van der Waals surface area contributed by atoms with Crippen LogP contribution in [0.1, 0.15) is 26.1 Å². The predicted molar refractivity (Wildman–Crippen MR) is 50.0 cm³/mol. The van der Waals surface area contributed by atoms with E-state index in [0.29, 0.717) is 11.8 Å². The molecule has 1 heterocycles. The summed E-state index contributed by atoms with van der Waals surface area (Å²) >= 11 is 0. The van der Waals surface area contributed by atoms with Gasteiger partial charge in [-0.2, -0.15) is 0 Å². The Hall–Kier alpha value is -0.830. The first-order valence-electron chi connectivity index (χ1n) is 4.76. The first-order valence-corrected chi connectivity index (χ1v) is 4.76. The summed E-state index contributed by atoms with van der Waals surface area (Å²) in [5.74, 6) is 1.72. The molecule has 3 unspecified atom stereocenters. The first-order chi connectivity index (χ1) is 6.05. The van der Waals surface area contributed by atoms with Gasteiger partial charge in [-0.25, -0.2) is 4.98 Å². The number of nitrogens with zero attached hydrogens (tertiary/aromatic N) is 2. The minimum absolute atomic E-state index is 0.314. The zero-order chi connectivity index (χ0) is 9.64. The molecule has 0 aliphatic heterocycles. The number of aromatic nitrogens is 2. The van der Waals surface area contributed by atoms with E-state index in [2.05, 4.69) is 18.8 Å². The summed E-state index contributed by atoms with van der Waals surface area (Å²) in [5.41, 5.74) is -0.683. The highest BCUT2D eigenvalue weighted by Gasteiger charge is 2.51. The summed E-state index contributed by atoms with van der Waals surface area (Å²) < 4.78 is 1.91. The van der Waals surface area contributed by atoms with Crippen LogP contribution in [0.15, 0.2) is 12.4 Å². The molecule has 1 aliphatic rings. The Morgan fingerprint density at radius 1 is 1.62 bits per heavy atom. The van der Waals surface area contributed by atoms with E-state index < -0.39 is 5.60 Å². The van der Waals surface area contributed by atoms with Gasteiger partial charge in [0.1, 0.15) is 11.4 Å². The summed E-state index contributed by atoms with van der Waals surface area (Å²) in [6.45, 7) is 4.25. The van der Waals surface area contributed by atoms with Crippen molar-refractivity contribution in [3.63, 3.8) is 0 Å². The largest absolute Gasteiger partial charge is 0.382 e. The lowest BCUT2D eigenvalue weighted by atomic mass is 9.62. The van der Waals surface area contributed by atoms with Crippen LogP contribution in [-0.2, 0) is 12.6 Å². The second-order valence-electron chi connectivity index (χ2n) is 4.26. The maximum Gasteiger partial charge on any atom is 0.140 e. The van der Waals surface area contributed by atoms with E-state index in [9.17, 15) is 5.11 Å². The van der Waals surface area contributed by atoms with Crippen molar-refractivity contribution in [2.45, 2.75) is 25.9 Å². The molecule has 72 valence electrons. The zero-order valence-corrected chi connectivity index (χ0v) is 8.36. The third-order valence-electron chi connectivity index (χ3n) is 3.45. The lowest BCUT2D eigenvalue weighted by molar-refractivity contribution is -0.139. The van der Waals surface area contributed by atoms with Crippen LogP contribution in [0.4, 0.5) is 0 Å². The molecule has 13 heavy (non-hydrogen) atoms. The Balaban J connectivity index is 2.32. The maximum atomic E-state index is 10.3. The fourth-order valence-electron chi connectivity index (χ4n) is 2.24. The summed E-state index contributed by atoms with van der Waals surface area (Å²) in [6, 6.07) is 0. The normalized spacial score (nSPS) is 38.8. The van der Waals surface area contributed by atoms with Gasteiger partial charge in [0.25, 0.3) is 0 Å². The first kappa shape index (κ1) is 8.75. The minimum atomic E-state index is -0.683. The third kappa shape index (κ3) is 1.03. The van der Waals surface area contributed by atoms with E-state index in [0.717, 1.165) is 12.2 Å². The molecule has 3 heteroatoms. The van der Waals surface area contributed by atoms with Gasteiger partial charge >= 0.3 is 0 Å². The van der Waals surface area contributed by atoms with E-state index in [1.807, 2.05) is 17.8 Å². The standard InChI is InChI=1S/C10H16N2O/c1-7-6-10(13,8(7)2)9-11-4-5-12(9)3/h4-5,7-8,13H,6H2,1-3H3. The Kier molecular flexibility index (Phi) is 1.74.